The Kier molecular flexibility index (Phi) is 5.67. The number of rotatable bonds is 8. The molecule has 0 saturated heterocycles. The molecule has 2 aromatic carbocycles. The summed E-state index contributed by atoms with van der Waals surface area (Å²) in [6.07, 6.45) is 2.43. The highest BCUT2D eigenvalue weighted by Crippen LogP contribution is 2.56. The predicted molar refractivity (Wildman–Crippen MR) is 114 cm³/mol. The van der Waals surface area contributed by atoms with E-state index in [4.69, 9.17) is 9.47 Å². The van der Waals surface area contributed by atoms with Gasteiger partial charge in [-0.2, -0.15) is 0 Å². The molecule has 0 amide bonds. The molecule has 1 aromatic heterocycles. The molecule has 1 saturated carbocycles. The van der Waals surface area contributed by atoms with E-state index in [-0.39, 0.29) is 12.2 Å². The number of thiophene rings is 1. The first-order valence-electron chi connectivity index (χ1n) is 9.48. The topological polar surface area (TPSA) is 55.8 Å². The standard InChI is InChI=1S/C24H22O4S/c1-27-15-22(24(25)26)19-9-3-2-6-17(19)14-28-18-8-4-7-16(12-18)20-13-21(20)23-10-5-11-29-23/h2-12,15,20-21H,13-14H2,1H3,(H,25,26)/b22-15+. The number of hydrogen-bond donors (Lipinski definition) is 1. The van der Waals surface area contributed by atoms with Crippen LogP contribution in [0, 0.1) is 0 Å². The van der Waals surface area contributed by atoms with Crippen LogP contribution in [0.5, 0.6) is 5.75 Å². The van der Waals surface area contributed by atoms with Crippen LogP contribution in [-0.2, 0) is 16.1 Å². The monoisotopic (exact) mass is 406 g/mol. The lowest BCUT2D eigenvalue weighted by Crippen LogP contribution is -2.06. The molecule has 2 atom stereocenters. The van der Waals surface area contributed by atoms with Crippen LogP contribution >= 0.6 is 11.3 Å². The van der Waals surface area contributed by atoms with Gasteiger partial charge in [-0.3, -0.25) is 0 Å². The van der Waals surface area contributed by atoms with Crippen LogP contribution in [0.15, 0.2) is 72.3 Å². The largest absolute Gasteiger partial charge is 0.503 e. The molecule has 1 heterocycles. The van der Waals surface area contributed by atoms with Gasteiger partial charge in [0.25, 0.3) is 0 Å². The minimum atomic E-state index is -1.03. The molecule has 0 bridgehead atoms. The molecule has 3 aromatic rings. The smallest absolute Gasteiger partial charge is 0.339 e. The SMILES string of the molecule is CO/C=C(/C(=O)O)c1ccccc1COc1cccc(C2CC2c2cccs2)c1. The number of carboxylic acids is 1. The van der Waals surface area contributed by atoms with Gasteiger partial charge in [0.2, 0.25) is 0 Å². The lowest BCUT2D eigenvalue weighted by Gasteiger charge is -2.12. The average Bonchev–Trinajstić information content (AvgIpc) is 3.35. The van der Waals surface area contributed by atoms with E-state index in [2.05, 4.69) is 29.6 Å². The Hall–Kier alpha value is -3.05. The van der Waals surface area contributed by atoms with Crippen molar-refractivity contribution >= 4 is 22.9 Å². The minimum absolute atomic E-state index is 0.109. The van der Waals surface area contributed by atoms with Crippen molar-refractivity contribution in [2.75, 3.05) is 7.11 Å². The first-order valence-corrected chi connectivity index (χ1v) is 10.4. The molecule has 1 aliphatic rings. The molecule has 1 fully saturated rings. The van der Waals surface area contributed by atoms with Crippen LogP contribution in [0.4, 0.5) is 0 Å². The summed E-state index contributed by atoms with van der Waals surface area (Å²) in [7, 11) is 1.44. The summed E-state index contributed by atoms with van der Waals surface area (Å²) < 4.78 is 11.0. The first-order chi connectivity index (χ1) is 14.2. The molecule has 0 radical (unpaired) electrons. The van der Waals surface area contributed by atoms with Crippen molar-refractivity contribution in [3.05, 3.63) is 93.9 Å². The number of hydrogen-bond acceptors (Lipinski definition) is 4. The molecule has 4 nitrogen and oxygen atoms in total. The van der Waals surface area contributed by atoms with Crippen molar-refractivity contribution in [3.8, 4) is 5.75 Å². The molecule has 0 spiro atoms. The molecular weight excluding hydrogens is 384 g/mol. The molecule has 5 heteroatoms. The molecule has 29 heavy (non-hydrogen) atoms. The molecule has 2 unspecified atom stereocenters. The highest BCUT2D eigenvalue weighted by Gasteiger charge is 2.40. The molecule has 1 N–H and O–H groups in total. The van der Waals surface area contributed by atoms with Crippen LogP contribution < -0.4 is 4.74 Å². The Bertz CT molecular complexity index is 1020. The Morgan fingerprint density at radius 2 is 2.00 bits per heavy atom. The Balaban J connectivity index is 1.48. The van der Waals surface area contributed by atoms with Crippen molar-refractivity contribution in [1.82, 2.24) is 0 Å². The summed E-state index contributed by atoms with van der Waals surface area (Å²) in [6, 6.07) is 19.9. The molecule has 148 valence electrons. The van der Waals surface area contributed by atoms with E-state index < -0.39 is 5.97 Å². The fourth-order valence-corrected chi connectivity index (χ4v) is 4.54. The summed E-state index contributed by atoms with van der Waals surface area (Å²) in [4.78, 5) is 13.0. The zero-order valence-corrected chi connectivity index (χ0v) is 16.9. The second-order valence-electron chi connectivity index (χ2n) is 7.05. The van der Waals surface area contributed by atoms with Crippen molar-refractivity contribution in [3.63, 3.8) is 0 Å². The normalized spacial score (nSPS) is 18.3. The fourth-order valence-electron chi connectivity index (χ4n) is 3.63. The van der Waals surface area contributed by atoms with Gasteiger partial charge < -0.3 is 14.6 Å². The second kappa shape index (κ2) is 8.53. The quantitative estimate of drug-likeness (QED) is 0.387. The molecule has 0 aliphatic heterocycles. The van der Waals surface area contributed by atoms with E-state index in [0.717, 1.165) is 11.3 Å². The maximum atomic E-state index is 11.6. The van der Waals surface area contributed by atoms with E-state index in [1.165, 1.54) is 30.2 Å². The van der Waals surface area contributed by atoms with Gasteiger partial charge in [0.05, 0.1) is 13.4 Å². The summed E-state index contributed by atoms with van der Waals surface area (Å²) in [5, 5.41) is 11.6. The summed E-state index contributed by atoms with van der Waals surface area (Å²) in [6.45, 7) is 0.285. The van der Waals surface area contributed by atoms with Gasteiger partial charge in [-0.05, 0) is 52.6 Å². The molecular formula is C24H22O4S. The lowest BCUT2D eigenvalue weighted by molar-refractivity contribution is -0.130. The van der Waals surface area contributed by atoms with E-state index in [1.807, 2.05) is 41.7 Å². The van der Waals surface area contributed by atoms with Crippen LogP contribution in [0.1, 0.15) is 39.8 Å². The van der Waals surface area contributed by atoms with Gasteiger partial charge >= 0.3 is 5.97 Å². The molecule has 4 rings (SSSR count). The van der Waals surface area contributed by atoms with Gasteiger partial charge in [-0.1, -0.05) is 42.5 Å². The number of carbonyl (C=O) groups is 1. The Morgan fingerprint density at radius 1 is 1.14 bits per heavy atom. The van der Waals surface area contributed by atoms with E-state index >= 15 is 0 Å². The van der Waals surface area contributed by atoms with Crippen molar-refractivity contribution in [1.29, 1.82) is 0 Å². The fraction of sp³-hybridized carbons (Fsp3) is 0.208. The number of benzene rings is 2. The zero-order chi connectivity index (χ0) is 20.2. The number of aliphatic carboxylic acids is 1. The summed E-state index contributed by atoms with van der Waals surface area (Å²) >= 11 is 1.82. The zero-order valence-electron chi connectivity index (χ0n) is 16.1. The van der Waals surface area contributed by atoms with Crippen LogP contribution in [0.3, 0.4) is 0 Å². The van der Waals surface area contributed by atoms with Gasteiger partial charge in [-0.25, -0.2) is 4.79 Å². The third kappa shape index (κ3) is 4.35. The van der Waals surface area contributed by atoms with Crippen molar-refractivity contribution < 1.29 is 19.4 Å². The van der Waals surface area contributed by atoms with Gasteiger partial charge in [0.15, 0.2) is 0 Å². The highest BCUT2D eigenvalue weighted by molar-refractivity contribution is 7.10. The van der Waals surface area contributed by atoms with Gasteiger partial charge in [0, 0.05) is 10.8 Å². The lowest BCUT2D eigenvalue weighted by atomic mass is 10.0. The number of carboxylic acid groups (broad SMARTS) is 1. The maximum absolute atomic E-state index is 11.6. The molecule has 1 aliphatic carbocycles. The second-order valence-corrected chi connectivity index (χ2v) is 8.03. The Morgan fingerprint density at radius 3 is 2.76 bits per heavy atom. The number of ether oxygens (including phenoxy) is 2. The van der Waals surface area contributed by atoms with E-state index in [1.54, 1.807) is 6.07 Å². The number of methoxy groups -OCH3 is 1. The predicted octanol–water partition coefficient (Wildman–Crippen LogP) is 5.67. The maximum Gasteiger partial charge on any atom is 0.339 e. The van der Waals surface area contributed by atoms with E-state index in [9.17, 15) is 9.90 Å². The van der Waals surface area contributed by atoms with Crippen molar-refractivity contribution in [2.45, 2.75) is 24.9 Å². The first kappa shape index (κ1) is 19.3. The van der Waals surface area contributed by atoms with Gasteiger partial charge in [0.1, 0.15) is 17.9 Å². The van der Waals surface area contributed by atoms with Crippen molar-refractivity contribution in [2.24, 2.45) is 0 Å². The average molecular weight is 407 g/mol. The Labute approximate surface area is 174 Å². The van der Waals surface area contributed by atoms with Crippen LogP contribution in [-0.4, -0.2) is 18.2 Å². The third-order valence-corrected chi connectivity index (χ3v) is 6.16. The summed E-state index contributed by atoms with van der Waals surface area (Å²) in [5.41, 5.74) is 2.79. The minimum Gasteiger partial charge on any atom is -0.503 e. The van der Waals surface area contributed by atoms with Crippen LogP contribution in [0.25, 0.3) is 5.57 Å². The summed E-state index contributed by atoms with van der Waals surface area (Å²) in [5.74, 6) is 0.924. The third-order valence-electron chi connectivity index (χ3n) is 5.15. The van der Waals surface area contributed by atoms with E-state index in [0.29, 0.717) is 17.4 Å². The van der Waals surface area contributed by atoms with Crippen LogP contribution in [0.2, 0.25) is 0 Å². The highest BCUT2D eigenvalue weighted by atomic mass is 32.1. The van der Waals surface area contributed by atoms with Gasteiger partial charge in [-0.15, -0.1) is 11.3 Å².